The van der Waals surface area contributed by atoms with Gasteiger partial charge in [-0.25, -0.2) is 21.6 Å². The molecule has 4 nitrogen and oxygen atoms in total. The van der Waals surface area contributed by atoms with Crippen LogP contribution in [0.3, 0.4) is 0 Å². The van der Waals surface area contributed by atoms with E-state index >= 15 is 0 Å². The van der Waals surface area contributed by atoms with Crippen molar-refractivity contribution in [1.82, 2.24) is 9.62 Å². The zero-order valence-corrected chi connectivity index (χ0v) is 11.8. The number of piperazine rings is 1. The molecule has 0 radical (unpaired) electrons. The Balaban J connectivity index is 2.47. The Morgan fingerprint density at radius 2 is 1.75 bits per heavy atom. The van der Waals surface area contributed by atoms with Crippen LogP contribution in [0.25, 0.3) is 0 Å². The summed E-state index contributed by atoms with van der Waals surface area (Å²) >= 11 is 0. The van der Waals surface area contributed by atoms with Crippen molar-refractivity contribution in [3.8, 4) is 0 Å². The van der Waals surface area contributed by atoms with Gasteiger partial charge in [-0.3, -0.25) is 0 Å². The second kappa shape index (κ2) is 5.34. The van der Waals surface area contributed by atoms with Crippen molar-refractivity contribution < 1.29 is 21.6 Å². The summed E-state index contributed by atoms with van der Waals surface area (Å²) in [6.45, 7) is 4.03. The van der Waals surface area contributed by atoms with E-state index in [2.05, 4.69) is 5.32 Å². The lowest BCUT2D eigenvalue weighted by Crippen LogP contribution is -2.57. The topological polar surface area (TPSA) is 49.4 Å². The molecule has 0 aliphatic carbocycles. The maximum atomic E-state index is 13.7. The predicted molar refractivity (Wildman–Crippen MR) is 67.1 cm³/mol. The molecular weight excluding hydrogens is 293 g/mol. The fraction of sp³-hybridized carbons (Fsp3) is 0.500. The summed E-state index contributed by atoms with van der Waals surface area (Å²) in [6, 6.07) is 0.103. The molecule has 1 saturated heterocycles. The first-order valence-corrected chi connectivity index (χ1v) is 7.59. The van der Waals surface area contributed by atoms with E-state index in [1.807, 2.05) is 0 Å². The van der Waals surface area contributed by atoms with Gasteiger partial charge in [0.1, 0.15) is 10.7 Å². The highest BCUT2D eigenvalue weighted by Crippen LogP contribution is 2.25. The van der Waals surface area contributed by atoms with Crippen molar-refractivity contribution in [3.05, 3.63) is 29.6 Å². The first-order chi connectivity index (χ1) is 9.25. The van der Waals surface area contributed by atoms with Crippen molar-refractivity contribution in [2.75, 3.05) is 13.1 Å². The van der Waals surface area contributed by atoms with Crippen LogP contribution in [0.4, 0.5) is 13.2 Å². The summed E-state index contributed by atoms with van der Waals surface area (Å²) in [5.41, 5.74) is 0. The van der Waals surface area contributed by atoms with E-state index in [-0.39, 0.29) is 18.7 Å². The van der Waals surface area contributed by atoms with Crippen LogP contribution in [0.1, 0.15) is 13.8 Å². The molecule has 2 rings (SSSR count). The number of rotatable bonds is 2. The third kappa shape index (κ3) is 2.55. The molecule has 20 heavy (non-hydrogen) atoms. The fourth-order valence-electron chi connectivity index (χ4n) is 2.19. The predicted octanol–water partition coefficient (Wildman–Crippen LogP) is 1.47. The van der Waals surface area contributed by atoms with Crippen LogP contribution < -0.4 is 5.32 Å². The van der Waals surface area contributed by atoms with Gasteiger partial charge in [0, 0.05) is 31.2 Å². The van der Waals surface area contributed by atoms with Gasteiger partial charge in [0.15, 0.2) is 11.6 Å². The van der Waals surface area contributed by atoms with Gasteiger partial charge >= 0.3 is 0 Å². The van der Waals surface area contributed by atoms with Gasteiger partial charge in [0.2, 0.25) is 10.0 Å². The lowest BCUT2D eigenvalue weighted by Gasteiger charge is -2.37. The summed E-state index contributed by atoms with van der Waals surface area (Å²) in [5, 5.41) is 3.09. The van der Waals surface area contributed by atoms with Crippen LogP contribution >= 0.6 is 0 Å². The summed E-state index contributed by atoms with van der Waals surface area (Å²) in [4.78, 5) is -0.836. The number of benzene rings is 1. The molecule has 0 bridgehead atoms. The lowest BCUT2D eigenvalue weighted by atomic mass is 10.1. The normalized spacial score (nSPS) is 24.9. The molecule has 1 N–H and O–H groups in total. The zero-order chi connectivity index (χ0) is 15.1. The van der Waals surface area contributed by atoms with E-state index in [1.165, 1.54) is 0 Å². The Hall–Kier alpha value is -1.12. The van der Waals surface area contributed by atoms with Crippen molar-refractivity contribution in [1.29, 1.82) is 0 Å². The molecule has 0 saturated carbocycles. The molecule has 2 unspecified atom stereocenters. The molecule has 1 aromatic carbocycles. The van der Waals surface area contributed by atoms with Gasteiger partial charge in [-0.1, -0.05) is 0 Å². The fourth-order valence-corrected chi connectivity index (χ4v) is 3.96. The molecule has 0 amide bonds. The molecule has 0 aromatic heterocycles. The average molecular weight is 308 g/mol. The third-order valence-electron chi connectivity index (χ3n) is 3.54. The van der Waals surface area contributed by atoms with Crippen molar-refractivity contribution in [2.45, 2.75) is 30.8 Å². The Morgan fingerprint density at radius 3 is 2.40 bits per heavy atom. The van der Waals surface area contributed by atoms with Gasteiger partial charge in [0.25, 0.3) is 0 Å². The van der Waals surface area contributed by atoms with Gasteiger partial charge < -0.3 is 5.32 Å². The second-order valence-corrected chi connectivity index (χ2v) is 6.65. The number of sulfonamides is 1. The molecule has 112 valence electrons. The third-order valence-corrected chi connectivity index (χ3v) is 5.54. The maximum Gasteiger partial charge on any atom is 0.246 e. The van der Waals surface area contributed by atoms with Crippen LogP contribution in [-0.4, -0.2) is 37.9 Å². The van der Waals surface area contributed by atoms with Crippen molar-refractivity contribution in [2.24, 2.45) is 0 Å². The van der Waals surface area contributed by atoms with E-state index in [1.54, 1.807) is 13.8 Å². The Labute approximate surface area is 115 Å². The highest BCUT2D eigenvalue weighted by Gasteiger charge is 2.36. The Bertz CT molecular complexity index is 621. The van der Waals surface area contributed by atoms with E-state index in [9.17, 15) is 21.6 Å². The number of nitrogens with one attached hydrogen (secondary N) is 1. The molecule has 1 aliphatic heterocycles. The summed E-state index contributed by atoms with van der Waals surface area (Å²) in [7, 11) is -4.20. The standard InChI is InChI=1S/C12H15F3N2O2S/c1-7-8(2)17(4-3-16-7)20(18,19)12-6-10(14)9(13)5-11(12)15/h5-8,16H,3-4H2,1-2H3. The van der Waals surface area contributed by atoms with Crippen LogP contribution in [0, 0.1) is 17.5 Å². The molecule has 1 aliphatic rings. The van der Waals surface area contributed by atoms with E-state index in [0.717, 1.165) is 4.31 Å². The largest absolute Gasteiger partial charge is 0.311 e. The van der Waals surface area contributed by atoms with E-state index in [4.69, 9.17) is 0 Å². The van der Waals surface area contributed by atoms with Crippen molar-refractivity contribution in [3.63, 3.8) is 0 Å². The molecule has 0 spiro atoms. The number of hydrogen-bond acceptors (Lipinski definition) is 3. The van der Waals surface area contributed by atoms with Crippen LogP contribution in [0.15, 0.2) is 17.0 Å². The van der Waals surface area contributed by atoms with Crippen LogP contribution in [0.2, 0.25) is 0 Å². The van der Waals surface area contributed by atoms with Gasteiger partial charge in [-0.2, -0.15) is 4.31 Å². The number of halogens is 3. The van der Waals surface area contributed by atoms with Gasteiger partial charge in [0.05, 0.1) is 0 Å². The van der Waals surface area contributed by atoms with Crippen LogP contribution in [0.5, 0.6) is 0 Å². The highest BCUT2D eigenvalue weighted by molar-refractivity contribution is 7.89. The average Bonchev–Trinajstić information content (AvgIpc) is 2.36. The highest BCUT2D eigenvalue weighted by atomic mass is 32.2. The zero-order valence-electron chi connectivity index (χ0n) is 11.0. The minimum absolute atomic E-state index is 0.119. The summed E-state index contributed by atoms with van der Waals surface area (Å²) < 4.78 is 65.7. The molecule has 1 heterocycles. The minimum Gasteiger partial charge on any atom is -0.311 e. The number of hydrogen-bond donors (Lipinski definition) is 1. The monoisotopic (exact) mass is 308 g/mol. The maximum absolute atomic E-state index is 13.7. The molecule has 1 fully saturated rings. The Kier molecular flexibility index (Phi) is 4.08. The molecule has 1 aromatic rings. The summed E-state index contributed by atoms with van der Waals surface area (Å²) in [5.74, 6) is -4.09. The smallest absolute Gasteiger partial charge is 0.246 e. The van der Waals surface area contributed by atoms with E-state index in [0.29, 0.717) is 12.6 Å². The Morgan fingerprint density at radius 1 is 1.15 bits per heavy atom. The first kappa shape index (κ1) is 15.3. The molecular formula is C12H15F3N2O2S. The number of nitrogens with zero attached hydrogens (tertiary/aromatic N) is 1. The van der Waals surface area contributed by atoms with E-state index < -0.39 is 38.4 Å². The molecule has 8 heteroatoms. The quantitative estimate of drug-likeness (QED) is 0.842. The van der Waals surface area contributed by atoms with Crippen LogP contribution in [-0.2, 0) is 10.0 Å². The minimum atomic E-state index is -4.20. The van der Waals surface area contributed by atoms with Crippen molar-refractivity contribution >= 4 is 10.0 Å². The lowest BCUT2D eigenvalue weighted by molar-refractivity contribution is 0.232. The molecule has 2 atom stereocenters. The van der Waals surface area contributed by atoms with Gasteiger partial charge in [-0.05, 0) is 19.9 Å². The first-order valence-electron chi connectivity index (χ1n) is 6.15. The second-order valence-electron chi connectivity index (χ2n) is 4.80. The van der Waals surface area contributed by atoms with Gasteiger partial charge in [-0.15, -0.1) is 0 Å². The SMILES string of the molecule is CC1NCCN(S(=O)(=O)c2cc(F)c(F)cc2F)C1C. The summed E-state index contributed by atoms with van der Waals surface area (Å²) in [6.07, 6.45) is 0.